The minimum atomic E-state index is -3.44. The number of sulfonamides is 1. The van der Waals surface area contributed by atoms with Crippen molar-refractivity contribution in [3.8, 4) is 18.2 Å². The third-order valence-corrected chi connectivity index (χ3v) is 3.45. The Bertz CT molecular complexity index is 994. The van der Waals surface area contributed by atoms with Crippen molar-refractivity contribution in [2.45, 2.75) is 0 Å². The van der Waals surface area contributed by atoms with Gasteiger partial charge < -0.3 is 4.98 Å². The van der Waals surface area contributed by atoms with Gasteiger partial charge >= 0.3 is 0 Å². The van der Waals surface area contributed by atoms with Crippen LogP contribution in [0.4, 0.5) is 5.69 Å². The van der Waals surface area contributed by atoms with Crippen LogP contribution in [0.1, 0.15) is 5.56 Å². The standard InChI is InChI=1S/C14H9N5O2S/c1-22(20,21)19-10-2-3-14-11(4-10)13(8-18-14)12(7-17)9(5-15)6-16/h2-4,8,18-19H,1H3. The molecule has 0 saturated carbocycles. The predicted molar refractivity (Wildman–Crippen MR) is 80.5 cm³/mol. The van der Waals surface area contributed by atoms with E-state index in [-0.39, 0.29) is 11.1 Å². The Morgan fingerprint density at radius 1 is 1.18 bits per heavy atom. The van der Waals surface area contributed by atoms with Crippen molar-refractivity contribution in [3.63, 3.8) is 0 Å². The van der Waals surface area contributed by atoms with Crippen LogP contribution in [0, 0.1) is 34.0 Å². The fourth-order valence-electron chi connectivity index (χ4n) is 1.99. The summed E-state index contributed by atoms with van der Waals surface area (Å²) in [4.78, 5) is 2.91. The number of nitrogens with one attached hydrogen (secondary N) is 2. The number of aromatic amines is 1. The maximum Gasteiger partial charge on any atom is 0.229 e. The van der Waals surface area contributed by atoms with Gasteiger partial charge in [0.2, 0.25) is 10.0 Å². The highest BCUT2D eigenvalue weighted by molar-refractivity contribution is 7.92. The van der Waals surface area contributed by atoms with Gasteiger partial charge in [0.1, 0.15) is 23.8 Å². The SMILES string of the molecule is CS(=O)(=O)Nc1ccc2[nH]cc(C(C#N)=C(C#N)C#N)c2c1. The molecule has 0 aliphatic rings. The molecule has 1 aromatic carbocycles. The van der Waals surface area contributed by atoms with Crippen LogP contribution in [0.5, 0.6) is 0 Å². The highest BCUT2D eigenvalue weighted by Crippen LogP contribution is 2.29. The fraction of sp³-hybridized carbons (Fsp3) is 0.0714. The molecule has 22 heavy (non-hydrogen) atoms. The lowest BCUT2D eigenvalue weighted by atomic mass is 10.0. The third-order valence-electron chi connectivity index (χ3n) is 2.84. The molecule has 0 aliphatic heterocycles. The Morgan fingerprint density at radius 3 is 2.41 bits per heavy atom. The van der Waals surface area contributed by atoms with Crippen molar-refractivity contribution in [3.05, 3.63) is 35.5 Å². The zero-order valence-corrected chi connectivity index (χ0v) is 12.2. The quantitative estimate of drug-likeness (QED) is 0.834. The van der Waals surface area contributed by atoms with Gasteiger partial charge in [-0.3, -0.25) is 4.72 Å². The van der Waals surface area contributed by atoms with Crippen LogP contribution < -0.4 is 4.72 Å². The minimum absolute atomic E-state index is 0.0623. The van der Waals surface area contributed by atoms with Crippen LogP contribution >= 0.6 is 0 Å². The highest BCUT2D eigenvalue weighted by Gasteiger charge is 2.14. The van der Waals surface area contributed by atoms with E-state index in [1.807, 2.05) is 6.07 Å². The summed E-state index contributed by atoms with van der Waals surface area (Å²) in [7, 11) is -3.44. The molecule has 2 aromatic rings. The zero-order valence-electron chi connectivity index (χ0n) is 11.4. The van der Waals surface area contributed by atoms with E-state index in [4.69, 9.17) is 10.5 Å². The Hall–Kier alpha value is -3.28. The molecule has 108 valence electrons. The number of rotatable bonds is 3. The maximum absolute atomic E-state index is 11.3. The largest absolute Gasteiger partial charge is 0.361 e. The van der Waals surface area contributed by atoms with Crippen molar-refractivity contribution in [1.29, 1.82) is 15.8 Å². The summed E-state index contributed by atoms with van der Waals surface area (Å²) < 4.78 is 24.9. The minimum Gasteiger partial charge on any atom is -0.361 e. The first-order chi connectivity index (χ1) is 10.4. The smallest absolute Gasteiger partial charge is 0.229 e. The number of hydrogen-bond donors (Lipinski definition) is 2. The van der Waals surface area contributed by atoms with Gasteiger partial charge in [-0.15, -0.1) is 0 Å². The number of benzene rings is 1. The van der Waals surface area contributed by atoms with Crippen LogP contribution in [0.25, 0.3) is 16.5 Å². The molecule has 0 amide bonds. The summed E-state index contributed by atoms with van der Waals surface area (Å²) in [6.07, 6.45) is 2.53. The molecule has 0 bridgehead atoms. The Kier molecular flexibility index (Phi) is 3.85. The van der Waals surface area contributed by atoms with Gasteiger partial charge in [-0.05, 0) is 18.2 Å². The fourth-order valence-corrected chi connectivity index (χ4v) is 2.55. The summed E-state index contributed by atoms with van der Waals surface area (Å²) >= 11 is 0. The lowest BCUT2D eigenvalue weighted by Gasteiger charge is -2.04. The first-order valence-corrected chi connectivity index (χ1v) is 7.82. The van der Waals surface area contributed by atoms with E-state index in [1.54, 1.807) is 24.3 Å². The molecule has 0 atom stereocenters. The monoisotopic (exact) mass is 311 g/mol. The molecule has 0 radical (unpaired) electrons. The van der Waals surface area contributed by atoms with Crippen molar-refractivity contribution in [2.24, 2.45) is 0 Å². The molecule has 0 saturated heterocycles. The van der Waals surface area contributed by atoms with Crippen molar-refractivity contribution in [2.75, 3.05) is 11.0 Å². The van der Waals surface area contributed by atoms with Crippen LogP contribution in [0.15, 0.2) is 30.0 Å². The summed E-state index contributed by atoms with van der Waals surface area (Å²) in [6, 6.07) is 9.94. The van der Waals surface area contributed by atoms with Crippen LogP contribution in [0.3, 0.4) is 0 Å². The van der Waals surface area contributed by atoms with E-state index in [1.165, 1.54) is 12.3 Å². The summed E-state index contributed by atoms with van der Waals surface area (Å²) in [5.74, 6) is 0. The van der Waals surface area contributed by atoms with Gasteiger partial charge in [-0.1, -0.05) is 0 Å². The maximum atomic E-state index is 11.3. The van der Waals surface area contributed by atoms with E-state index in [0.29, 0.717) is 22.2 Å². The zero-order chi connectivity index (χ0) is 16.3. The first-order valence-electron chi connectivity index (χ1n) is 5.93. The third kappa shape index (κ3) is 2.90. The molecule has 8 heteroatoms. The van der Waals surface area contributed by atoms with E-state index in [0.717, 1.165) is 6.26 Å². The van der Waals surface area contributed by atoms with E-state index >= 15 is 0 Å². The molecule has 0 unspecified atom stereocenters. The summed E-state index contributed by atoms with van der Waals surface area (Å²) in [5, 5.41) is 27.6. The Balaban J connectivity index is 2.70. The second kappa shape index (κ2) is 5.61. The van der Waals surface area contributed by atoms with Gasteiger partial charge in [0.05, 0.1) is 11.8 Å². The van der Waals surface area contributed by atoms with Crippen molar-refractivity contribution < 1.29 is 8.42 Å². The molecular formula is C14H9N5O2S. The number of nitriles is 3. The number of allylic oxidation sites excluding steroid dienone is 2. The number of aromatic nitrogens is 1. The van der Waals surface area contributed by atoms with E-state index < -0.39 is 10.0 Å². The topological polar surface area (TPSA) is 133 Å². The number of anilines is 1. The number of fused-ring (bicyclic) bond motifs is 1. The summed E-state index contributed by atoms with van der Waals surface area (Å²) in [5.41, 5.74) is 0.978. The van der Waals surface area contributed by atoms with E-state index in [2.05, 4.69) is 9.71 Å². The molecule has 7 nitrogen and oxygen atoms in total. The molecule has 2 N–H and O–H groups in total. The highest BCUT2D eigenvalue weighted by atomic mass is 32.2. The second-order valence-electron chi connectivity index (χ2n) is 4.42. The number of nitrogens with zero attached hydrogens (tertiary/aromatic N) is 3. The van der Waals surface area contributed by atoms with Gasteiger partial charge in [0, 0.05) is 28.4 Å². The molecule has 0 aliphatic carbocycles. The van der Waals surface area contributed by atoms with Gasteiger partial charge in [-0.2, -0.15) is 15.8 Å². The predicted octanol–water partition coefficient (Wildman–Crippen LogP) is 1.86. The van der Waals surface area contributed by atoms with Crippen LogP contribution in [0.2, 0.25) is 0 Å². The van der Waals surface area contributed by atoms with E-state index in [9.17, 15) is 13.7 Å². The molecule has 2 rings (SSSR count). The average molecular weight is 311 g/mol. The van der Waals surface area contributed by atoms with Gasteiger partial charge in [0.25, 0.3) is 0 Å². The molecular weight excluding hydrogens is 302 g/mol. The number of H-pyrrole nitrogens is 1. The van der Waals surface area contributed by atoms with Crippen molar-refractivity contribution >= 4 is 32.2 Å². The molecule has 1 aromatic heterocycles. The van der Waals surface area contributed by atoms with Crippen molar-refractivity contribution in [1.82, 2.24) is 4.98 Å². The lowest BCUT2D eigenvalue weighted by molar-refractivity contribution is 0.607. The summed E-state index contributed by atoms with van der Waals surface area (Å²) in [6.45, 7) is 0. The van der Waals surface area contributed by atoms with Crippen LogP contribution in [-0.4, -0.2) is 19.7 Å². The van der Waals surface area contributed by atoms with Gasteiger partial charge in [0.15, 0.2) is 0 Å². The number of hydrogen-bond acceptors (Lipinski definition) is 5. The molecule has 1 heterocycles. The average Bonchev–Trinajstić information content (AvgIpc) is 2.86. The lowest BCUT2D eigenvalue weighted by Crippen LogP contribution is -2.09. The Labute approximate surface area is 126 Å². The first kappa shape index (κ1) is 15.1. The second-order valence-corrected chi connectivity index (χ2v) is 6.17. The Morgan fingerprint density at radius 2 is 1.86 bits per heavy atom. The van der Waals surface area contributed by atoms with Crippen LogP contribution in [-0.2, 0) is 10.0 Å². The molecule has 0 fully saturated rings. The van der Waals surface area contributed by atoms with Gasteiger partial charge in [-0.25, -0.2) is 8.42 Å². The normalized spacial score (nSPS) is 10.3. The molecule has 0 spiro atoms.